The van der Waals surface area contributed by atoms with E-state index in [4.69, 9.17) is 14.7 Å². The molecule has 7 nitrogen and oxygen atoms in total. The van der Waals surface area contributed by atoms with Crippen molar-refractivity contribution < 1.29 is 27.9 Å². The Morgan fingerprint density at radius 1 is 0.973 bits per heavy atom. The molecule has 0 saturated heterocycles. The van der Waals surface area contributed by atoms with Crippen molar-refractivity contribution in [1.82, 2.24) is 5.48 Å². The molecule has 196 valence electrons. The van der Waals surface area contributed by atoms with E-state index in [0.717, 1.165) is 25.7 Å². The summed E-state index contributed by atoms with van der Waals surface area (Å²) in [6.45, 7) is 0. The average molecular weight is 524 g/mol. The van der Waals surface area contributed by atoms with Crippen LogP contribution in [0.1, 0.15) is 42.4 Å². The van der Waals surface area contributed by atoms with Crippen molar-refractivity contribution in [2.45, 2.75) is 61.2 Å². The lowest BCUT2D eigenvalue weighted by Crippen LogP contribution is -2.30. The van der Waals surface area contributed by atoms with E-state index in [0.29, 0.717) is 24.3 Å². The van der Waals surface area contributed by atoms with Crippen LogP contribution in [0.2, 0.25) is 0 Å². The lowest BCUT2D eigenvalue weighted by Gasteiger charge is -2.20. The van der Waals surface area contributed by atoms with E-state index < -0.39 is 21.0 Å². The van der Waals surface area contributed by atoms with Crippen molar-refractivity contribution in [3.8, 4) is 11.5 Å². The van der Waals surface area contributed by atoms with Crippen molar-refractivity contribution >= 4 is 15.7 Å². The number of amides is 1. The van der Waals surface area contributed by atoms with Gasteiger partial charge in [0.2, 0.25) is 5.91 Å². The highest BCUT2D eigenvalue weighted by Gasteiger charge is 2.31. The second kappa shape index (κ2) is 12.3. The molecule has 0 aromatic heterocycles. The Morgan fingerprint density at radius 3 is 2.30 bits per heavy atom. The molecular weight excluding hydrogens is 490 g/mol. The van der Waals surface area contributed by atoms with Crippen molar-refractivity contribution in [3.05, 3.63) is 89.5 Å². The molecule has 3 aromatic carbocycles. The van der Waals surface area contributed by atoms with Crippen LogP contribution in [-0.2, 0) is 33.9 Å². The van der Waals surface area contributed by atoms with Crippen LogP contribution in [0.3, 0.4) is 0 Å². The molecule has 4 rings (SSSR count). The van der Waals surface area contributed by atoms with Crippen LogP contribution in [0, 0.1) is 0 Å². The number of nitrogens with one attached hydrogen (secondary N) is 1. The number of fused-ring (bicyclic) bond motifs is 1. The zero-order valence-corrected chi connectivity index (χ0v) is 21.7. The van der Waals surface area contributed by atoms with Gasteiger partial charge in [-0.15, -0.1) is 0 Å². The highest BCUT2D eigenvalue weighted by atomic mass is 32.2. The third-order valence-corrected chi connectivity index (χ3v) is 9.02. The Hall–Kier alpha value is -3.36. The zero-order chi connectivity index (χ0) is 26.3. The molecule has 0 fully saturated rings. The van der Waals surface area contributed by atoms with E-state index in [1.54, 1.807) is 11.5 Å². The van der Waals surface area contributed by atoms with Crippen LogP contribution in [0.4, 0.5) is 0 Å². The van der Waals surface area contributed by atoms with Gasteiger partial charge in [-0.2, -0.15) is 0 Å². The maximum atomic E-state index is 13.7. The Bertz CT molecular complexity index is 1280. The number of aryl methyl sites for hydroxylation is 1. The SMILES string of the molecule is COc1ccc(S(=O)(=O)C(CCCCc2ccccc2)CC(=O)NO)cc1OC1Cc2ccccc2C1. The van der Waals surface area contributed by atoms with Crippen LogP contribution in [-0.4, -0.2) is 38.0 Å². The van der Waals surface area contributed by atoms with Gasteiger partial charge in [-0.1, -0.05) is 61.0 Å². The highest BCUT2D eigenvalue weighted by Crippen LogP contribution is 2.35. The molecule has 0 bridgehead atoms. The fraction of sp³-hybridized carbons (Fsp3) is 0.345. The lowest BCUT2D eigenvalue weighted by molar-refractivity contribution is -0.129. The number of sulfone groups is 1. The minimum atomic E-state index is -3.89. The summed E-state index contributed by atoms with van der Waals surface area (Å²) in [5.41, 5.74) is 5.20. The first-order valence-corrected chi connectivity index (χ1v) is 14.1. The quantitative estimate of drug-likeness (QED) is 0.203. The average Bonchev–Trinajstić information content (AvgIpc) is 3.33. The third kappa shape index (κ3) is 6.70. The van der Waals surface area contributed by atoms with Crippen LogP contribution in [0.5, 0.6) is 11.5 Å². The Kier molecular flexibility index (Phi) is 8.84. The predicted molar refractivity (Wildman–Crippen MR) is 141 cm³/mol. The van der Waals surface area contributed by atoms with Crippen LogP contribution < -0.4 is 15.0 Å². The number of hydrogen-bond donors (Lipinski definition) is 2. The van der Waals surface area contributed by atoms with Crippen LogP contribution in [0.15, 0.2) is 77.7 Å². The molecule has 0 saturated carbocycles. The van der Waals surface area contributed by atoms with E-state index in [1.807, 2.05) is 42.5 Å². The van der Waals surface area contributed by atoms with Gasteiger partial charge in [-0.05, 0) is 48.1 Å². The summed E-state index contributed by atoms with van der Waals surface area (Å²) >= 11 is 0. The molecule has 2 N–H and O–H groups in total. The number of carbonyl (C=O) groups is 1. The second-order valence-corrected chi connectivity index (χ2v) is 11.6. The summed E-state index contributed by atoms with van der Waals surface area (Å²) in [5, 5.41) is 8.08. The van der Waals surface area contributed by atoms with Gasteiger partial charge < -0.3 is 9.47 Å². The maximum Gasteiger partial charge on any atom is 0.244 e. The molecule has 1 unspecified atom stereocenters. The Labute approximate surface area is 218 Å². The summed E-state index contributed by atoms with van der Waals surface area (Å²) < 4.78 is 39.0. The number of rotatable bonds is 12. The molecule has 0 radical (unpaired) electrons. The number of ether oxygens (including phenoxy) is 2. The molecule has 1 aliphatic carbocycles. The number of carbonyl (C=O) groups excluding carboxylic acids is 1. The van der Waals surface area contributed by atoms with E-state index in [2.05, 4.69) is 12.1 Å². The van der Waals surface area contributed by atoms with Crippen molar-refractivity contribution in [1.29, 1.82) is 0 Å². The number of methoxy groups -OCH3 is 1. The number of hydroxylamine groups is 1. The minimum absolute atomic E-state index is 0.0672. The van der Waals surface area contributed by atoms with Gasteiger partial charge in [0.05, 0.1) is 17.3 Å². The normalized spacial score (nSPS) is 14.1. The Morgan fingerprint density at radius 2 is 1.65 bits per heavy atom. The third-order valence-electron chi connectivity index (χ3n) is 6.83. The highest BCUT2D eigenvalue weighted by molar-refractivity contribution is 7.92. The van der Waals surface area contributed by atoms with E-state index >= 15 is 0 Å². The molecule has 0 aliphatic heterocycles. The van der Waals surface area contributed by atoms with Crippen LogP contribution >= 0.6 is 0 Å². The largest absolute Gasteiger partial charge is 0.493 e. The fourth-order valence-electron chi connectivity index (χ4n) is 4.87. The molecule has 1 atom stereocenters. The molecule has 1 aliphatic rings. The minimum Gasteiger partial charge on any atom is -0.493 e. The number of unbranched alkanes of at least 4 members (excludes halogenated alkanes) is 1. The van der Waals surface area contributed by atoms with E-state index in [1.165, 1.54) is 35.9 Å². The molecule has 0 spiro atoms. The molecule has 8 heteroatoms. The van der Waals surface area contributed by atoms with Gasteiger partial charge in [0.25, 0.3) is 0 Å². The fourth-order valence-corrected chi connectivity index (χ4v) is 6.63. The first kappa shape index (κ1) is 26.7. The molecule has 3 aromatic rings. The number of benzene rings is 3. The molecule has 1 amide bonds. The van der Waals surface area contributed by atoms with Crippen molar-refractivity contribution in [3.63, 3.8) is 0 Å². The summed E-state index contributed by atoms with van der Waals surface area (Å²) in [5.74, 6) is 0.0728. The van der Waals surface area contributed by atoms with Gasteiger partial charge in [0.15, 0.2) is 21.3 Å². The maximum absolute atomic E-state index is 13.7. The zero-order valence-electron chi connectivity index (χ0n) is 20.9. The van der Waals surface area contributed by atoms with Gasteiger partial charge in [-0.3, -0.25) is 10.0 Å². The van der Waals surface area contributed by atoms with Gasteiger partial charge >= 0.3 is 0 Å². The topological polar surface area (TPSA) is 102 Å². The standard InChI is InChI=1S/C29H33NO6S/c1-35-27-16-15-26(19-28(27)36-24-17-22-12-6-7-13-23(22)18-24)37(33,34)25(20-29(31)30-32)14-8-5-11-21-9-3-2-4-10-21/h2-4,6-7,9-10,12-13,15-16,19,24-25,32H,5,8,11,14,17-18,20H2,1H3,(H,30,31). The smallest absolute Gasteiger partial charge is 0.244 e. The van der Waals surface area contributed by atoms with E-state index in [-0.39, 0.29) is 17.4 Å². The summed E-state index contributed by atoms with van der Waals surface area (Å²) in [4.78, 5) is 12.1. The summed E-state index contributed by atoms with van der Waals surface area (Å²) in [6.07, 6.45) is 3.54. The summed E-state index contributed by atoms with van der Waals surface area (Å²) in [6, 6.07) is 22.7. The van der Waals surface area contributed by atoms with Gasteiger partial charge in [0.1, 0.15) is 6.10 Å². The Balaban J connectivity index is 1.50. The van der Waals surface area contributed by atoms with E-state index in [9.17, 15) is 13.2 Å². The summed E-state index contributed by atoms with van der Waals surface area (Å²) in [7, 11) is -2.38. The molecular formula is C29H33NO6S. The van der Waals surface area contributed by atoms with Crippen molar-refractivity contribution in [2.75, 3.05) is 7.11 Å². The van der Waals surface area contributed by atoms with Crippen LogP contribution in [0.25, 0.3) is 0 Å². The molecule has 0 heterocycles. The second-order valence-electron chi connectivity index (χ2n) is 9.37. The van der Waals surface area contributed by atoms with Gasteiger partial charge in [0, 0.05) is 25.3 Å². The monoisotopic (exact) mass is 523 g/mol. The van der Waals surface area contributed by atoms with Gasteiger partial charge in [-0.25, -0.2) is 13.9 Å². The predicted octanol–water partition coefficient (Wildman–Crippen LogP) is 4.69. The number of hydrogen-bond acceptors (Lipinski definition) is 6. The van der Waals surface area contributed by atoms with Crippen molar-refractivity contribution in [2.24, 2.45) is 0 Å². The molecule has 37 heavy (non-hydrogen) atoms. The first-order chi connectivity index (χ1) is 17.9. The lowest BCUT2D eigenvalue weighted by atomic mass is 10.1. The first-order valence-electron chi connectivity index (χ1n) is 12.5.